The van der Waals surface area contributed by atoms with Gasteiger partial charge in [-0.05, 0) is 93.5 Å². The van der Waals surface area contributed by atoms with Gasteiger partial charge < -0.3 is 0 Å². The Morgan fingerprint density at radius 2 is 1.67 bits per heavy atom. The molecule has 6 rings (SSSR count). The van der Waals surface area contributed by atoms with Gasteiger partial charge in [0.05, 0.1) is 0 Å². The van der Waals surface area contributed by atoms with E-state index < -0.39 is 0 Å². The molecule has 0 aromatic heterocycles. The Labute approximate surface area is 205 Å². The summed E-state index contributed by atoms with van der Waals surface area (Å²) in [4.78, 5) is 0. The van der Waals surface area contributed by atoms with Gasteiger partial charge in [0.25, 0.3) is 0 Å². The Bertz CT molecular complexity index is 1410. The Hall–Kier alpha value is -2.90. The van der Waals surface area contributed by atoms with E-state index in [1.165, 1.54) is 60.1 Å². The molecule has 0 aliphatic heterocycles. The van der Waals surface area contributed by atoms with Crippen LogP contribution < -0.4 is 0 Å². The molecule has 2 atom stereocenters. The number of hydrogen-bond acceptors (Lipinski definition) is 0. The summed E-state index contributed by atoms with van der Waals surface area (Å²) >= 11 is 3.81. The van der Waals surface area contributed by atoms with Crippen molar-refractivity contribution < 1.29 is 0 Å². The van der Waals surface area contributed by atoms with E-state index in [9.17, 15) is 0 Å². The molecule has 0 fully saturated rings. The van der Waals surface area contributed by atoms with Gasteiger partial charge in [0.2, 0.25) is 0 Å². The van der Waals surface area contributed by atoms with Crippen LogP contribution in [0.5, 0.6) is 0 Å². The number of halogens is 1. The maximum atomic E-state index is 3.81. The molecule has 33 heavy (non-hydrogen) atoms. The number of benzene rings is 4. The van der Waals surface area contributed by atoms with E-state index in [2.05, 4.69) is 121 Å². The number of allylic oxidation sites excluding steroid dienone is 1. The second kappa shape index (κ2) is 8.15. The highest BCUT2D eigenvalue weighted by molar-refractivity contribution is 9.10. The van der Waals surface area contributed by atoms with Gasteiger partial charge in [0, 0.05) is 10.4 Å². The Kier molecular flexibility index (Phi) is 5.11. The predicted molar refractivity (Wildman–Crippen MR) is 144 cm³/mol. The topological polar surface area (TPSA) is 0 Å². The Morgan fingerprint density at radius 3 is 2.58 bits per heavy atom. The molecule has 0 bridgehead atoms. The molecule has 0 N–H and O–H groups in total. The molecule has 0 saturated carbocycles. The molecule has 0 heterocycles. The molecule has 0 amide bonds. The Balaban J connectivity index is 1.47. The summed E-state index contributed by atoms with van der Waals surface area (Å²) in [5.74, 6) is 0.924. The smallest absolute Gasteiger partial charge is 0.0256 e. The molecule has 1 heteroatoms. The van der Waals surface area contributed by atoms with Crippen LogP contribution in [0.2, 0.25) is 0 Å². The third kappa shape index (κ3) is 3.50. The minimum atomic E-state index is 0.399. The third-order valence-electron chi connectivity index (χ3n) is 7.51. The summed E-state index contributed by atoms with van der Waals surface area (Å²) in [6.45, 7) is 4.65. The average molecular weight is 491 g/mol. The zero-order chi connectivity index (χ0) is 22.5. The molecule has 0 spiro atoms. The first-order chi connectivity index (χ1) is 16.1. The lowest BCUT2D eigenvalue weighted by Crippen LogP contribution is -2.05. The van der Waals surface area contributed by atoms with Gasteiger partial charge in [0.1, 0.15) is 0 Å². The fraction of sp³-hybridized carbons (Fsp3) is 0.188. The molecular formula is C32H27Br. The number of hydrogen-bond donors (Lipinski definition) is 0. The van der Waals surface area contributed by atoms with E-state index in [1.54, 1.807) is 0 Å². The van der Waals surface area contributed by atoms with Crippen LogP contribution in [-0.4, -0.2) is 0 Å². The van der Waals surface area contributed by atoms with Gasteiger partial charge in [-0.25, -0.2) is 0 Å². The second-order valence-electron chi connectivity index (χ2n) is 9.59. The largest absolute Gasteiger partial charge is 0.0764 e. The van der Waals surface area contributed by atoms with Gasteiger partial charge in [0.15, 0.2) is 0 Å². The quantitative estimate of drug-likeness (QED) is 0.231. The maximum Gasteiger partial charge on any atom is 0.0256 e. The van der Waals surface area contributed by atoms with E-state index in [0.717, 1.165) is 12.8 Å². The first-order valence-corrected chi connectivity index (χ1v) is 12.7. The molecule has 2 aliphatic carbocycles. The molecule has 162 valence electrons. The molecule has 2 unspecified atom stereocenters. The molecule has 4 aromatic rings. The van der Waals surface area contributed by atoms with Crippen molar-refractivity contribution in [2.75, 3.05) is 0 Å². The van der Waals surface area contributed by atoms with Crippen LogP contribution in [0.3, 0.4) is 0 Å². The van der Waals surface area contributed by atoms with Crippen molar-refractivity contribution in [2.45, 2.75) is 38.5 Å². The first kappa shape index (κ1) is 20.7. The standard InChI is InChI=1S/C32H27Br/c1-20-7-5-11-28(31(20)26-16-13-22-8-3-4-10-27(22)21(2)17-26)24-15-14-23-18-25-9-6-12-30(33)32(25)29(23)19-24/h3-16,19,21,26H,17-18H2,1-2H3. The van der Waals surface area contributed by atoms with Gasteiger partial charge in [-0.2, -0.15) is 0 Å². The Morgan fingerprint density at radius 1 is 0.818 bits per heavy atom. The first-order valence-electron chi connectivity index (χ1n) is 11.9. The van der Waals surface area contributed by atoms with E-state index in [4.69, 9.17) is 0 Å². The summed E-state index contributed by atoms with van der Waals surface area (Å²) in [6.07, 6.45) is 6.93. The van der Waals surface area contributed by atoms with Crippen molar-refractivity contribution in [1.82, 2.24) is 0 Å². The zero-order valence-electron chi connectivity index (χ0n) is 19.1. The van der Waals surface area contributed by atoms with Crippen LogP contribution in [0.15, 0.2) is 89.4 Å². The lowest BCUT2D eigenvalue weighted by atomic mass is 9.81. The van der Waals surface area contributed by atoms with E-state index in [-0.39, 0.29) is 0 Å². The summed E-state index contributed by atoms with van der Waals surface area (Å²) in [6, 6.07) is 29.3. The van der Waals surface area contributed by atoms with Crippen molar-refractivity contribution in [3.63, 3.8) is 0 Å². The van der Waals surface area contributed by atoms with Gasteiger partial charge in [-0.3, -0.25) is 0 Å². The number of aryl methyl sites for hydroxylation is 1. The molecule has 2 aliphatic rings. The minimum Gasteiger partial charge on any atom is -0.0764 e. The van der Waals surface area contributed by atoms with Crippen LogP contribution >= 0.6 is 15.9 Å². The monoisotopic (exact) mass is 490 g/mol. The highest BCUT2D eigenvalue weighted by Gasteiger charge is 2.25. The molecule has 0 radical (unpaired) electrons. The maximum absolute atomic E-state index is 3.81. The summed E-state index contributed by atoms with van der Waals surface area (Å²) < 4.78 is 1.19. The highest BCUT2D eigenvalue weighted by atomic mass is 79.9. The van der Waals surface area contributed by atoms with Crippen molar-refractivity contribution in [1.29, 1.82) is 0 Å². The van der Waals surface area contributed by atoms with Gasteiger partial charge >= 0.3 is 0 Å². The molecule has 0 nitrogen and oxygen atoms in total. The molecule has 0 saturated heterocycles. The van der Waals surface area contributed by atoms with Crippen molar-refractivity contribution in [3.05, 3.63) is 123 Å². The van der Waals surface area contributed by atoms with Crippen LogP contribution in [-0.2, 0) is 6.42 Å². The number of rotatable bonds is 2. The van der Waals surface area contributed by atoms with Gasteiger partial charge in [-0.1, -0.05) is 102 Å². The fourth-order valence-corrected chi connectivity index (χ4v) is 6.53. The average Bonchev–Trinajstić information content (AvgIpc) is 3.12. The summed E-state index contributed by atoms with van der Waals surface area (Å²) in [5, 5.41) is 0. The van der Waals surface area contributed by atoms with Crippen LogP contribution in [0.1, 0.15) is 58.6 Å². The normalized spacial score (nSPS) is 18.4. The summed E-state index contributed by atoms with van der Waals surface area (Å²) in [7, 11) is 0. The SMILES string of the molecule is Cc1cccc(-c2ccc3c(c2)-c2c(Br)cccc2C3)c1C1C=Cc2ccccc2C(C)C1. The van der Waals surface area contributed by atoms with E-state index in [1.807, 2.05) is 0 Å². The van der Waals surface area contributed by atoms with E-state index in [0.29, 0.717) is 11.8 Å². The third-order valence-corrected chi connectivity index (χ3v) is 8.17. The minimum absolute atomic E-state index is 0.399. The number of fused-ring (bicyclic) bond motifs is 4. The van der Waals surface area contributed by atoms with Crippen LogP contribution in [0.4, 0.5) is 0 Å². The van der Waals surface area contributed by atoms with Crippen LogP contribution in [0.25, 0.3) is 28.3 Å². The predicted octanol–water partition coefficient (Wildman–Crippen LogP) is 9.30. The zero-order valence-corrected chi connectivity index (χ0v) is 20.7. The molecular weight excluding hydrogens is 464 g/mol. The van der Waals surface area contributed by atoms with Gasteiger partial charge in [-0.15, -0.1) is 0 Å². The summed E-state index contributed by atoms with van der Waals surface area (Å²) in [5.41, 5.74) is 13.9. The van der Waals surface area contributed by atoms with Crippen molar-refractivity contribution in [3.8, 4) is 22.3 Å². The lowest BCUT2D eigenvalue weighted by molar-refractivity contribution is 0.633. The lowest BCUT2D eigenvalue weighted by Gasteiger charge is -2.23. The fourth-order valence-electron chi connectivity index (χ4n) is 5.91. The van der Waals surface area contributed by atoms with Crippen molar-refractivity contribution >= 4 is 22.0 Å². The highest BCUT2D eigenvalue weighted by Crippen LogP contribution is 2.45. The molecule has 4 aromatic carbocycles. The second-order valence-corrected chi connectivity index (χ2v) is 10.4. The van der Waals surface area contributed by atoms with Crippen LogP contribution in [0, 0.1) is 6.92 Å². The van der Waals surface area contributed by atoms with E-state index >= 15 is 0 Å². The van der Waals surface area contributed by atoms with Crippen molar-refractivity contribution in [2.24, 2.45) is 0 Å².